The number of para-hydroxylation sites is 1. The van der Waals surface area contributed by atoms with Gasteiger partial charge in [-0.3, -0.25) is 0 Å². The van der Waals surface area contributed by atoms with Crippen LogP contribution in [0.1, 0.15) is 11.6 Å². The van der Waals surface area contributed by atoms with E-state index in [2.05, 4.69) is 27.8 Å². The number of hydrogen-bond donors (Lipinski definition) is 1. The van der Waals surface area contributed by atoms with E-state index in [1.54, 1.807) is 0 Å². The van der Waals surface area contributed by atoms with Crippen molar-refractivity contribution in [2.24, 2.45) is 12.8 Å². The van der Waals surface area contributed by atoms with E-state index in [0.717, 1.165) is 17.1 Å². The van der Waals surface area contributed by atoms with Crippen LogP contribution in [0.2, 0.25) is 0 Å². The second-order valence-corrected chi connectivity index (χ2v) is 4.37. The molecule has 0 saturated carbocycles. The van der Waals surface area contributed by atoms with Gasteiger partial charge >= 0.3 is 0 Å². The summed E-state index contributed by atoms with van der Waals surface area (Å²) in [6.07, 6.45) is 0. The van der Waals surface area contributed by atoms with Gasteiger partial charge in [0.1, 0.15) is 0 Å². The highest BCUT2D eigenvalue weighted by molar-refractivity contribution is 5.86. The Labute approximate surface area is 105 Å². The summed E-state index contributed by atoms with van der Waals surface area (Å²) in [6.45, 7) is 2.26. The molecule has 2 N–H and O–H groups in total. The normalized spacial score (nSPS) is 11.3. The van der Waals surface area contributed by atoms with E-state index in [1.807, 2.05) is 26.1 Å². The third kappa shape index (κ3) is 1.54. The minimum atomic E-state index is 0.324. The molecule has 3 rings (SSSR count). The van der Waals surface area contributed by atoms with Crippen LogP contribution in [-0.2, 0) is 13.6 Å². The van der Waals surface area contributed by atoms with E-state index in [4.69, 9.17) is 10.2 Å². The van der Waals surface area contributed by atoms with E-state index < -0.39 is 0 Å². The summed E-state index contributed by atoms with van der Waals surface area (Å²) in [6, 6.07) is 10.4. The average Bonchev–Trinajstić information content (AvgIpc) is 2.91. The number of hydrogen-bond acceptors (Lipinski definition) is 3. The number of oxazole rings is 1. The Morgan fingerprint density at radius 1 is 1.33 bits per heavy atom. The fourth-order valence-corrected chi connectivity index (χ4v) is 2.28. The fraction of sp³-hybridized carbons (Fsp3) is 0.214. The van der Waals surface area contributed by atoms with Crippen molar-refractivity contribution in [1.29, 1.82) is 0 Å². The molecule has 0 atom stereocenters. The van der Waals surface area contributed by atoms with E-state index >= 15 is 0 Å². The minimum Gasteiger partial charge on any atom is -0.437 e. The molecule has 0 fully saturated rings. The quantitative estimate of drug-likeness (QED) is 0.750. The largest absolute Gasteiger partial charge is 0.437 e. The average molecular weight is 241 g/mol. The van der Waals surface area contributed by atoms with Gasteiger partial charge in [0.25, 0.3) is 0 Å². The van der Waals surface area contributed by atoms with Gasteiger partial charge in [-0.1, -0.05) is 18.2 Å². The molecule has 4 heteroatoms. The summed E-state index contributed by atoms with van der Waals surface area (Å²) < 4.78 is 7.82. The lowest BCUT2D eigenvalue weighted by Crippen LogP contribution is -1.95. The number of rotatable bonds is 2. The monoisotopic (exact) mass is 241 g/mol. The first-order valence-electron chi connectivity index (χ1n) is 5.92. The Hall–Kier alpha value is -2.07. The lowest BCUT2D eigenvalue weighted by molar-refractivity contribution is 0.506. The maximum Gasteiger partial charge on any atom is 0.209 e. The van der Waals surface area contributed by atoms with Crippen molar-refractivity contribution in [3.05, 3.63) is 41.9 Å². The topological polar surface area (TPSA) is 57.0 Å². The summed E-state index contributed by atoms with van der Waals surface area (Å²) in [5, 5.41) is 1.19. The zero-order chi connectivity index (χ0) is 12.7. The second kappa shape index (κ2) is 3.99. The molecule has 0 spiro atoms. The molecule has 92 valence electrons. The van der Waals surface area contributed by atoms with Crippen molar-refractivity contribution >= 4 is 10.9 Å². The molecule has 2 heterocycles. The molecule has 18 heavy (non-hydrogen) atoms. The molecule has 0 bridgehead atoms. The van der Waals surface area contributed by atoms with E-state index in [-0.39, 0.29) is 0 Å². The van der Waals surface area contributed by atoms with Crippen LogP contribution in [0.3, 0.4) is 0 Å². The van der Waals surface area contributed by atoms with Crippen molar-refractivity contribution in [3.8, 4) is 11.5 Å². The molecule has 0 amide bonds. The molecule has 4 nitrogen and oxygen atoms in total. The first-order chi connectivity index (χ1) is 8.70. The zero-order valence-corrected chi connectivity index (χ0v) is 10.5. The minimum absolute atomic E-state index is 0.324. The van der Waals surface area contributed by atoms with Gasteiger partial charge in [0, 0.05) is 18.0 Å². The van der Waals surface area contributed by atoms with Crippen molar-refractivity contribution in [1.82, 2.24) is 9.55 Å². The van der Waals surface area contributed by atoms with Gasteiger partial charge in [0.15, 0.2) is 5.76 Å². The predicted octanol–water partition coefficient (Wildman–Crippen LogP) is 2.60. The molecular weight excluding hydrogens is 226 g/mol. The van der Waals surface area contributed by atoms with Gasteiger partial charge in [-0.15, -0.1) is 0 Å². The van der Waals surface area contributed by atoms with E-state index in [1.165, 1.54) is 10.9 Å². The smallest absolute Gasteiger partial charge is 0.209 e. The summed E-state index contributed by atoms with van der Waals surface area (Å²) in [7, 11) is 2.03. The van der Waals surface area contributed by atoms with Crippen LogP contribution in [0.5, 0.6) is 0 Å². The SMILES string of the molecule is Cc1nc(CN)oc1-c1cc2ccccc2n1C. The van der Waals surface area contributed by atoms with Gasteiger partial charge in [-0.25, -0.2) is 4.98 Å². The van der Waals surface area contributed by atoms with Crippen LogP contribution >= 0.6 is 0 Å². The molecule has 0 aliphatic carbocycles. The highest BCUT2D eigenvalue weighted by Crippen LogP contribution is 2.29. The highest BCUT2D eigenvalue weighted by Gasteiger charge is 2.15. The Kier molecular flexibility index (Phi) is 2.45. The lowest BCUT2D eigenvalue weighted by atomic mass is 10.2. The molecule has 1 aromatic carbocycles. The number of benzene rings is 1. The van der Waals surface area contributed by atoms with Crippen LogP contribution in [0.15, 0.2) is 34.7 Å². The number of aromatic nitrogens is 2. The molecule has 0 unspecified atom stereocenters. The second-order valence-electron chi connectivity index (χ2n) is 4.37. The van der Waals surface area contributed by atoms with Crippen LogP contribution < -0.4 is 5.73 Å². The number of nitrogens with two attached hydrogens (primary N) is 1. The van der Waals surface area contributed by atoms with Crippen molar-refractivity contribution < 1.29 is 4.42 Å². The molecule has 3 aromatic rings. The summed E-state index contributed by atoms with van der Waals surface area (Å²) in [5.41, 5.74) is 8.64. The van der Waals surface area contributed by atoms with E-state index in [0.29, 0.717) is 12.4 Å². The van der Waals surface area contributed by atoms with Gasteiger partial charge in [-0.2, -0.15) is 0 Å². The first kappa shape index (κ1) is 11.0. The van der Waals surface area contributed by atoms with Crippen molar-refractivity contribution in [2.75, 3.05) is 0 Å². The van der Waals surface area contributed by atoms with Gasteiger partial charge < -0.3 is 14.7 Å². The summed E-state index contributed by atoms with van der Waals surface area (Å²) in [5.74, 6) is 1.38. The van der Waals surface area contributed by atoms with Gasteiger partial charge in [-0.05, 0) is 19.1 Å². The van der Waals surface area contributed by atoms with Crippen LogP contribution in [-0.4, -0.2) is 9.55 Å². The Bertz CT molecular complexity index is 709. The maximum atomic E-state index is 5.70. The summed E-state index contributed by atoms with van der Waals surface area (Å²) >= 11 is 0. The number of nitrogens with zero attached hydrogens (tertiary/aromatic N) is 2. The van der Waals surface area contributed by atoms with Crippen LogP contribution in [0.25, 0.3) is 22.4 Å². The zero-order valence-electron chi connectivity index (χ0n) is 10.5. The van der Waals surface area contributed by atoms with Crippen molar-refractivity contribution in [2.45, 2.75) is 13.5 Å². The Morgan fingerprint density at radius 3 is 2.78 bits per heavy atom. The summed E-state index contributed by atoms with van der Waals surface area (Å²) in [4.78, 5) is 4.31. The molecule has 0 saturated heterocycles. The molecule has 0 aliphatic rings. The van der Waals surface area contributed by atoms with Crippen LogP contribution in [0.4, 0.5) is 0 Å². The maximum absolute atomic E-state index is 5.70. The lowest BCUT2D eigenvalue weighted by Gasteiger charge is -2.01. The fourth-order valence-electron chi connectivity index (χ4n) is 2.28. The first-order valence-corrected chi connectivity index (χ1v) is 5.92. The van der Waals surface area contributed by atoms with Crippen molar-refractivity contribution in [3.63, 3.8) is 0 Å². The molecular formula is C14H15N3O. The number of fused-ring (bicyclic) bond motifs is 1. The van der Waals surface area contributed by atoms with Gasteiger partial charge in [0.05, 0.1) is 17.9 Å². The number of aryl methyl sites for hydroxylation is 2. The predicted molar refractivity (Wildman–Crippen MR) is 71.0 cm³/mol. The van der Waals surface area contributed by atoms with Gasteiger partial charge in [0.2, 0.25) is 5.89 Å². The Balaban J connectivity index is 2.24. The standard InChI is InChI=1S/C14H15N3O/c1-9-14(18-13(8-15)16-9)12-7-10-5-3-4-6-11(10)17(12)2/h3-7H,8,15H2,1-2H3. The van der Waals surface area contributed by atoms with E-state index in [9.17, 15) is 0 Å². The molecule has 0 radical (unpaired) electrons. The third-order valence-corrected chi connectivity index (χ3v) is 3.20. The molecule has 0 aliphatic heterocycles. The Morgan fingerprint density at radius 2 is 2.11 bits per heavy atom. The van der Waals surface area contributed by atoms with Crippen LogP contribution in [0, 0.1) is 6.92 Å². The third-order valence-electron chi connectivity index (χ3n) is 3.20. The molecule has 2 aromatic heterocycles. The highest BCUT2D eigenvalue weighted by atomic mass is 16.4.